The molecule has 1 aliphatic heterocycles. The molecule has 1 saturated heterocycles. The van der Waals surface area contributed by atoms with Gasteiger partial charge in [0.1, 0.15) is 6.04 Å². The van der Waals surface area contributed by atoms with Crippen molar-refractivity contribution >= 4 is 44.0 Å². The van der Waals surface area contributed by atoms with Gasteiger partial charge in [-0.1, -0.05) is 36.2 Å². The van der Waals surface area contributed by atoms with Gasteiger partial charge in [0.15, 0.2) is 5.13 Å². The van der Waals surface area contributed by atoms with Crippen molar-refractivity contribution in [2.45, 2.75) is 25.3 Å². The maximum atomic E-state index is 12.6. The summed E-state index contributed by atoms with van der Waals surface area (Å²) in [4.78, 5) is 17.0. The van der Waals surface area contributed by atoms with E-state index in [0.29, 0.717) is 28.8 Å². The van der Waals surface area contributed by atoms with E-state index in [0.717, 1.165) is 24.7 Å². The van der Waals surface area contributed by atoms with Crippen LogP contribution in [-0.2, 0) is 14.8 Å². The van der Waals surface area contributed by atoms with Crippen LogP contribution >= 0.6 is 22.9 Å². The van der Waals surface area contributed by atoms with Gasteiger partial charge in [-0.3, -0.25) is 4.79 Å². The normalized spacial score (nSPS) is 18.9. The van der Waals surface area contributed by atoms with Gasteiger partial charge in [-0.2, -0.15) is 4.31 Å². The summed E-state index contributed by atoms with van der Waals surface area (Å²) < 4.78 is 25.1. The van der Waals surface area contributed by atoms with E-state index in [1.807, 2.05) is 23.6 Å². The first kappa shape index (κ1) is 18.3. The Morgan fingerprint density at radius 2 is 2.12 bits per heavy atom. The Kier molecular flexibility index (Phi) is 5.43. The molecule has 1 amide bonds. The predicted octanol–water partition coefficient (Wildman–Crippen LogP) is 3.22. The number of rotatable bonds is 4. The average molecular weight is 400 g/mol. The van der Waals surface area contributed by atoms with Gasteiger partial charge in [-0.05, 0) is 18.9 Å². The Morgan fingerprint density at radius 1 is 1.36 bits per heavy atom. The van der Waals surface area contributed by atoms with E-state index in [-0.39, 0.29) is 5.91 Å². The molecule has 2 heterocycles. The predicted molar refractivity (Wildman–Crippen MR) is 100 cm³/mol. The van der Waals surface area contributed by atoms with Crippen LogP contribution in [0.4, 0.5) is 5.13 Å². The van der Waals surface area contributed by atoms with Gasteiger partial charge in [-0.25, -0.2) is 13.4 Å². The molecule has 134 valence electrons. The molecule has 1 fully saturated rings. The minimum absolute atomic E-state index is 0.342. The van der Waals surface area contributed by atoms with Gasteiger partial charge in [0.25, 0.3) is 0 Å². The third-order valence-corrected chi connectivity index (χ3v) is 6.44. The molecule has 25 heavy (non-hydrogen) atoms. The standard InChI is InChI=1S/C16H18ClN3O3S2/c1-25(22,23)20-9-5-4-8-14(20)15(21)19-16-18-13(10-24-16)11-6-2-3-7-12(11)17/h2-3,6-7,10,14H,4-5,8-9H2,1H3,(H,18,19,21)/t14-/m1/s1. The maximum absolute atomic E-state index is 12.6. The van der Waals surface area contributed by atoms with Gasteiger partial charge >= 0.3 is 0 Å². The van der Waals surface area contributed by atoms with Gasteiger partial charge in [-0.15, -0.1) is 11.3 Å². The van der Waals surface area contributed by atoms with Crippen molar-refractivity contribution in [1.82, 2.24) is 9.29 Å². The molecule has 1 atom stereocenters. The van der Waals surface area contributed by atoms with Crippen molar-refractivity contribution in [1.29, 1.82) is 0 Å². The molecule has 2 aromatic rings. The summed E-state index contributed by atoms with van der Waals surface area (Å²) in [6.45, 7) is 0.375. The second kappa shape index (κ2) is 7.41. The zero-order chi connectivity index (χ0) is 18.0. The van der Waals surface area contributed by atoms with E-state index < -0.39 is 16.1 Å². The van der Waals surface area contributed by atoms with Crippen LogP contribution in [0, 0.1) is 0 Å². The fourth-order valence-electron chi connectivity index (χ4n) is 2.88. The van der Waals surface area contributed by atoms with Crippen LogP contribution in [0.5, 0.6) is 0 Å². The molecule has 0 radical (unpaired) electrons. The number of nitrogens with one attached hydrogen (secondary N) is 1. The number of thiazole rings is 1. The van der Waals surface area contributed by atoms with E-state index in [4.69, 9.17) is 11.6 Å². The van der Waals surface area contributed by atoms with Crippen molar-refractivity contribution in [3.63, 3.8) is 0 Å². The molecular formula is C16H18ClN3O3S2. The number of carbonyl (C=O) groups is 1. The summed E-state index contributed by atoms with van der Waals surface area (Å²) in [5.74, 6) is -0.342. The summed E-state index contributed by atoms with van der Waals surface area (Å²) >= 11 is 7.45. The van der Waals surface area contributed by atoms with Crippen molar-refractivity contribution in [2.75, 3.05) is 18.1 Å². The van der Waals surface area contributed by atoms with Crippen LogP contribution in [0.1, 0.15) is 19.3 Å². The van der Waals surface area contributed by atoms with Crippen LogP contribution in [0.25, 0.3) is 11.3 Å². The highest BCUT2D eigenvalue weighted by Crippen LogP contribution is 2.30. The Bertz CT molecular complexity index is 882. The number of carbonyl (C=O) groups excluding carboxylic acids is 1. The third-order valence-electron chi connectivity index (χ3n) is 4.07. The fraction of sp³-hybridized carbons (Fsp3) is 0.375. The molecule has 9 heteroatoms. The second-order valence-electron chi connectivity index (χ2n) is 5.89. The minimum atomic E-state index is -3.42. The molecule has 0 saturated carbocycles. The van der Waals surface area contributed by atoms with Crippen LogP contribution in [0.3, 0.4) is 0 Å². The quantitative estimate of drug-likeness (QED) is 0.856. The molecule has 1 aromatic heterocycles. The van der Waals surface area contributed by atoms with Gasteiger partial charge in [0.05, 0.1) is 11.9 Å². The second-order valence-corrected chi connectivity index (χ2v) is 9.09. The smallest absolute Gasteiger partial charge is 0.244 e. The molecule has 0 unspecified atom stereocenters. The van der Waals surface area contributed by atoms with E-state index in [1.165, 1.54) is 15.6 Å². The zero-order valence-electron chi connectivity index (χ0n) is 13.6. The van der Waals surface area contributed by atoms with Crippen LogP contribution < -0.4 is 5.32 Å². The number of sulfonamides is 1. The molecule has 1 aliphatic rings. The number of aromatic nitrogens is 1. The van der Waals surface area contributed by atoms with E-state index >= 15 is 0 Å². The highest BCUT2D eigenvalue weighted by Gasteiger charge is 2.34. The number of halogens is 1. The highest BCUT2D eigenvalue weighted by molar-refractivity contribution is 7.88. The summed E-state index contributed by atoms with van der Waals surface area (Å²) in [5, 5.41) is 5.57. The van der Waals surface area contributed by atoms with Crippen LogP contribution in [0.2, 0.25) is 5.02 Å². The van der Waals surface area contributed by atoms with Crippen molar-refractivity contribution in [2.24, 2.45) is 0 Å². The van der Waals surface area contributed by atoms with Crippen molar-refractivity contribution in [3.05, 3.63) is 34.7 Å². The minimum Gasteiger partial charge on any atom is -0.301 e. The van der Waals surface area contributed by atoms with Gasteiger partial charge in [0, 0.05) is 22.5 Å². The van der Waals surface area contributed by atoms with Crippen LogP contribution in [0.15, 0.2) is 29.6 Å². The number of hydrogen-bond donors (Lipinski definition) is 1. The summed E-state index contributed by atoms with van der Waals surface area (Å²) in [5.41, 5.74) is 1.46. The van der Waals surface area contributed by atoms with E-state index in [9.17, 15) is 13.2 Å². The first-order valence-electron chi connectivity index (χ1n) is 7.84. The Balaban J connectivity index is 1.76. The largest absolute Gasteiger partial charge is 0.301 e. The molecule has 0 spiro atoms. The molecule has 6 nitrogen and oxygen atoms in total. The highest BCUT2D eigenvalue weighted by atomic mass is 35.5. The molecule has 0 bridgehead atoms. The Labute approximate surface area is 155 Å². The summed E-state index contributed by atoms with van der Waals surface area (Å²) in [7, 11) is -3.42. The Morgan fingerprint density at radius 3 is 2.84 bits per heavy atom. The molecule has 3 rings (SSSR count). The Hall–Kier alpha value is -1.48. The van der Waals surface area contributed by atoms with Crippen molar-refractivity contribution in [3.8, 4) is 11.3 Å². The number of amides is 1. The van der Waals surface area contributed by atoms with Gasteiger partial charge < -0.3 is 5.32 Å². The lowest BCUT2D eigenvalue weighted by Gasteiger charge is -2.32. The topological polar surface area (TPSA) is 79.4 Å². The lowest BCUT2D eigenvalue weighted by atomic mass is 10.0. The molecule has 0 aliphatic carbocycles. The number of anilines is 1. The van der Waals surface area contributed by atoms with E-state index in [1.54, 1.807) is 6.07 Å². The number of nitrogens with zero attached hydrogens (tertiary/aromatic N) is 2. The van der Waals surface area contributed by atoms with E-state index in [2.05, 4.69) is 10.3 Å². The average Bonchev–Trinajstić information content (AvgIpc) is 3.02. The monoisotopic (exact) mass is 399 g/mol. The lowest BCUT2D eigenvalue weighted by molar-refractivity contribution is -0.120. The number of benzene rings is 1. The first-order valence-corrected chi connectivity index (χ1v) is 10.9. The first-order chi connectivity index (χ1) is 11.9. The van der Waals surface area contributed by atoms with Crippen molar-refractivity contribution < 1.29 is 13.2 Å². The summed E-state index contributed by atoms with van der Waals surface area (Å²) in [6.07, 6.45) is 3.25. The maximum Gasteiger partial charge on any atom is 0.244 e. The molecular weight excluding hydrogens is 382 g/mol. The zero-order valence-corrected chi connectivity index (χ0v) is 16.0. The number of piperidine rings is 1. The summed E-state index contributed by atoms with van der Waals surface area (Å²) in [6, 6.07) is 6.65. The SMILES string of the molecule is CS(=O)(=O)N1CCCC[C@@H]1C(=O)Nc1nc(-c2ccccc2Cl)cs1. The fourth-order valence-corrected chi connectivity index (χ4v) is 4.95. The molecule has 1 aromatic carbocycles. The lowest BCUT2D eigenvalue weighted by Crippen LogP contribution is -2.49. The third kappa shape index (κ3) is 4.20. The van der Waals surface area contributed by atoms with Gasteiger partial charge in [0.2, 0.25) is 15.9 Å². The van der Waals surface area contributed by atoms with Crippen LogP contribution in [-0.4, -0.2) is 42.5 Å². The molecule has 1 N–H and O–H groups in total. The number of hydrogen-bond acceptors (Lipinski definition) is 5.